The fraction of sp³-hybridized carbons (Fsp3) is 0.133. The van der Waals surface area contributed by atoms with E-state index in [9.17, 15) is 4.39 Å². The van der Waals surface area contributed by atoms with Gasteiger partial charge in [0, 0.05) is 15.4 Å². The summed E-state index contributed by atoms with van der Waals surface area (Å²) in [5, 5.41) is 11.3. The summed E-state index contributed by atoms with van der Waals surface area (Å²) in [5.74, 6) is -0.218. The number of H-pyrrole nitrogens is 1. The maximum Gasteiger partial charge on any atom is 0.128 e. The largest absolute Gasteiger partial charge is 0.377 e. The maximum atomic E-state index is 13.9. The van der Waals surface area contributed by atoms with Gasteiger partial charge in [0.05, 0.1) is 23.4 Å². The Morgan fingerprint density at radius 1 is 1.30 bits per heavy atom. The Hall–Kier alpha value is -1.88. The number of para-hydroxylation sites is 1. The number of rotatable bonds is 3. The molecule has 102 valence electrons. The van der Waals surface area contributed by atoms with Gasteiger partial charge in [-0.3, -0.25) is 5.10 Å². The van der Waals surface area contributed by atoms with Crippen LogP contribution in [0.4, 0.5) is 10.1 Å². The van der Waals surface area contributed by atoms with E-state index in [2.05, 4.69) is 31.4 Å². The van der Waals surface area contributed by atoms with Gasteiger partial charge in [0.15, 0.2) is 0 Å². The molecule has 2 aromatic carbocycles. The van der Waals surface area contributed by atoms with Gasteiger partial charge in [-0.05, 0) is 31.2 Å². The zero-order valence-corrected chi connectivity index (χ0v) is 12.4. The minimum absolute atomic E-state index is 0.151. The van der Waals surface area contributed by atoms with Crippen molar-refractivity contribution in [2.24, 2.45) is 0 Å². The zero-order valence-electron chi connectivity index (χ0n) is 10.8. The van der Waals surface area contributed by atoms with Crippen molar-refractivity contribution in [3.8, 4) is 0 Å². The summed E-state index contributed by atoms with van der Waals surface area (Å²) in [6, 6.07) is 10.7. The molecule has 2 N–H and O–H groups in total. The van der Waals surface area contributed by atoms with Gasteiger partial charge < -0.3 is 5.32 Å². The molecule has 0 radical (unpaired) electrons. The summed E-state index contributed by atoms with van der Waals surface area (Å²) in [7, 11) is 0. The van der Waals surface area contributed by atoms with Gasteiger partial charge in [-0.2, -0.15) is 5.10 Å². The second kappa shape index (κ2) is 5.25. The van der Waals surface area contributed by atoms with Gasteiger partial charge in [-0.25, -0.2) is 4.39 Å². The van der Waals surface area contributed by atoms with Crippen molar-refractivity contribution >= 4 is 32.5 Å². The Morgan fingerprint density at radius 2 is 2.15 bits per heavy atom. The van der Waals surface area contributed by atoms with Gasteiger partial charge in [-0.15, -0.1) is 0 Å². The van der Waals surface area contributed by atoms with E-state index in [-0.39, 0.29) is 11.9 Å². The van der Waals surface area contributed by atoms with Crippen LogP contribution in [0.3, 0.4) is 0 Å². The van der Waals surface area contributed by atoms with Crippen LogP contribution in [0.5, 0.6) is 0 Å². The van der Waals surface area contributed by atoms with Crippen LogP contribution in [0, 0.1) is 5.82 Å². The molecule has 0 bridgehead atoms. The Labute approximate surface area is 124 Å². The molecule has 3 nitrogen and oxygen atoms in total. The predicted octanol–water partition coefficient (Wildman–Crippen LogP) is 4.64. The molecule has 1 atom stereocenters. The first-order valence-electron chi connectivity index (χ1n) is 6.29. The quantitative estimate of drug-likeness (QED) is 0.733. The standard InChI is InChI=1S/C15H13BrFN3/c1-9(12-7-11(16)5-6-13(12)17)19-14-4-2-3-10-8-18-20-15(10)14/h2-9,19H,1H3,(H,18,20). The molecule has 5 heteroatoms. The van der Waals surface area contributed by atoms with Crippen molar-refractivity contribution < 1.29 is 4.39 Å². The maximum absolute atomic E-state index is 13.9. The molecule has 20 heavy (non-hydrogen) atoms. The van der Waals surface area contributed by atoms with Gasteiger partial charge in [0.1, 0.15) is 5.82 Å². The lowest BCUT2D eigenvalue weighted by Crippen LogP contribution is -2.09. The Morgan fingerprint density at radius 3 is 3.00 bits per heavy atom. The summed E-state index contributed by atoms with van der Waals surface area (Å²) in [6.07, 6.45) is 1.77. The average Bonchev–Trinajstić information content (AvgIpc) is 2.91. The normalized spacial score (nSPS) is 12.6. The van der Waals surface area contributed by atoms with E-state index >= 15 is 0 Å². The van der Waals surface area contributed by atoms with E-state index in [0.29, 0.717) is 5.56 Å². The molecule has 0 saturated heterocycles. The molecule has 0 spiro atoms. The topological polar surface area (TPSA) is 40.7 Å². The van der Waals surface area contributed by atoms with E-state index in [1.54, 1.807) is 18.3 Å². The number of nitrogens with zero attached hydrogens (tertiary/aromatic N) is 1. The third-order valence-corrected chi connectivity index (χ3v) is 3.77. The lowest BCUT2D eigenvalue weighted by molar-refractivity contribution is 0.600. The molecule has 0 saturated carbocycles. The van der Waals surface area contributed by atoms with Crippen molar-refractivity contribution in [2.45, 2.75) is 13.0 Å². The van der Waals surface area contributed by atoms with Crippen LogP contribution in [-0.2, 0) is 0 Å². The van der Waals surface area contributed by atoms with E-state index in [0.717, 1.165) is 21.1 Å². The molecule has 3 rings (SSSR count). The van der Waals surface area contributed by atoms with Crippen molar-refractivity contribution in [1.82, 2.24) is 10.2 Å². The average molecular weight is 334 g/mol. The van der Waals surface area contributed by atoms with Crippen LogP contribution in [0.1, 0.15) is 18.5 Å². The fourth-order valence-electron chi connectivity index (χ4n) is 2.25. The summed E-state index contributed by atoms with van der Waals surface area (Å²) in [4.78, 5) is 0. The van der Waals surface area contributed by atoms with Crippen LogP contribution in [-0.4, -0.2) is 10.2 Å². The highest BCUT2D eigenvalue weighted by Gasteiger charge is 2.13. The minimum atomic E-state index is -0.218. The molecule has 3 aromatic rings. The van der Waals surface area contributed by atoms with Gasteiger partial charge >= 0.3 is 0 Å². The summed E-state index contributed by atoms with van der Waals surface area (Å²) in [6.45, 7) is 1.93. The second-order valence-corrected chi connectivity index (χ2v) is 5.59. The Balaban J connectivity index is 1.94. The van der Waals surface area contributed by atoms with Crippen LogP contribution < -0.4 is 5.32 Å². The number of aromatic nitrogens is 2. The van der Waals surface area contributed by atoms with Crippen molar-refractivity contribution in [1.29, 1.82) is 0 Å². The zero-order chi connectivity index (χ0) is 14.1. The first-order valence-corrected chi connectivity index (χ1v) is 7.08. The number of fused-ring (bicyclic) bond motifs is 1. The minimum Gasteiger partial charge on any atom is -0.377 e. The van der Waals surface area contributed by atoms with Crippen LogP contribution >= 0.6 is 15.9 Å². The molecule has 0 aliphatic rings. The fourth-order valence-corrected chi connectivity index (χ4v) is 2.63. The Bertz CT molecular complexity index is 754. The number of halogens is 2. The molecule has 1 heterocycles. The molecule has 0 amide bonds. The number of aromatic amines is 1. The van der Waals surface area contributed by atoms with E-state index in [1.807, 2.05) is 25.1 Å². The summed E-state index contributed by atoms with van der Waals surface area (Å²) in [5.41, 5.74) is 2.46. The van der Waals surface area contributed by atoms with E-state index in [1.165, 1.54) is 6.07 Å². The first-order chi connectivity index (χ1) is 9.65. The highest BCUT2D eigenvalue weighted by molar-refractivity contribution is 9.10. The number of nitrogens with one attached hydrogen (secondary N) is 2. The number of hydrogen-bond donors (Lipinski definition) is 2. The van der Waals surface area contributed by atoms with Crippen LogP contribution in [0.2, 0.25) is 0 Å². The Kier molecular flexibility index (Phi) is 3.44. The smallest absolute Gasteiger partial charge is 0.128 e. The van der Waals surface area contributed by atoms with Gasteiger partial charge in [0.25, 0.3) is 0 Å². The molecular formula is C15H13BrFN3. The molecule has 0 aliphatic carbocycles. The molecule has 1 unspecified atom stereocenters. The molecule has 0 aliphatic heterocycles. The van der Waals surface area contributed by atoms with E-state index in [4.69, 9.17) is 0 Å². The van der Waals surface area contributed by atoms with Crippen molar-refractivity contribution in [3.05, 3.63) is 58.4 Å². The number of benzene rings is 2. The van der Waals surface area contributed by atoms with Crippen LogP contribution in [0.25, 0.3) is 10.9 Å². The monoisotopic (exact) mass is 333 g/mol. The summed E-state index contributed by atoms with van der Waals surface area (Å²) >= 11 is 3.37. The SMILES string of the molecule is CC(Nc1cccc2cn[nH]c12)c1cc(Br)ccc1F. The molecule has 1 aromatic heterocycles. The van der Waals surface area contributed by atoms with Crippen molar-refractivity contribution in [2.75, 3.05) is 5.32 Å². The summed E-state index contributed by atoms with van der Waals surface area (Å²) < 4.78 is 14.8. The number of anilines is 1. The first kappa shape index (κ1) is 13.1. The third kappa shape index (κ3) is 2.41. The van der Waals surface area contributed by atoms with Crippen molar-refractivity contribution in [3.63, 3.8) is 0 Å². The second-order valence-electron chi connectivity index (χ2n) is 4.67. The molecule has 0 fully saturated rings. The van der Waals surface area contributed by atoms with Gasteiger partial charge in [0.2, 0.25) is 0 Å². The lowest BCUT2D eigenvalue weighted by Gasteiger charge is -2.17. The third-order valence-electron chi connectivity index (χ3n) is 3.27. The predicted molar refractivity (Wildman–Crippen MR) is 82.2 cm³/mol. The molecular weight excluding hydrogens is 321 g/mol. The van der Waals surface area contributed by atoms with Gasteiger partial charge in [-0.1, -0.05) is 28.1 Å². The van der Waals surface area contributed by atoms with E-state index < -0.39 is 0 Å². The lowest BCUT2D eigenvalue weighted by atomic mass is 10.1. The number of hydrogen-bond acceptors (Lipinski definition) is 2. The highest BCUT2D eigenvalue weighted by atomic mass is 79.9. The van der Waals surface area contributed by atoms with Crippen LogP contribution in [0.15, 0.2) is 47.1 Å². The highest BCUT2D eigenvalue weighted by Crippen LogP contribution is 2.28.